The number of halogens is 1. The van der Waals surface area contributed by atoms with Gasteiger partial charge in [-0.05, 0) is 59.9 Å². The number of hydrogen-bond acceptors (Lipinski definition) is 5. The highest BCUT2D eigenvalue weighted by Crippen LogP contribution is 2.29. The number of aryl methyl sites for hydroxylation is 1. The number of aliphatic hydroxyl groups excluding tert-OH is 1. The van der Waals surface area contributed by atoms with Crippen LogP contribution in [0.15, 0.2) is 72.8 Å². The molecule has 2 atom stereocenters. The Bertz CT molecular complexity index is 1060. The van der Waals surface area contributed by atoms with E-state index in [1.165, 1.54) is 0 Å². The predicted octanol–water partition coefficient (Wildman–Crippen LogP) is 4.71. The fraction of sp³-hybridized carbons (Fsp3) is 0.269. The fourth-order valence-corrected chi connectivity index (χ4v) is 3.93. The van der Waals surface area contributed by atoms with E-state index in [4.69, 9.17) is 21.1 Å². The van der Waals surface area contributed by atoms with Crippen molar-refractivity contribution in [2.24, 2.45) is 0 Å². The van der Waals surface area contributed by atoms with Crippen molar-refractivity contribution < 1.29 is 19.4 Å². The first-order chi connectivity index (χ1) is 15.6. The normalized spacial score (nSPS) is 16.0. The molecule has 6 heteroatoms. The van der Waals surface area contributed by atoms with E-state index in [-0.39, 0.29) is 18.7 Å². The molecular weight excluding hydrogens is 426 g/mol. The number of ether oxygens (including phenoxy) is 2. The van der Waals surface area contributed by atoms with E-state index in [9.17, 15) is 9.90 Å². The summed E-state index contributed by atoms with van der Waals surface area (Å²) in [4.78, 5) is 12.4. The monoisotopic (exact) mass is 451 g/mol. The minimum absolute atomic E-state index is 0.00458. The molecule has 0 aliphatic carbocycles. The molecular formula is C26H26ClNO4. The van der Waals surface area contributed by atoms with Crippen LogP contribution in [0.25, 0.3) is 0 Å². The molecule has 0 spiro atoms. The maximum atomic E-state index is 12.4. The van der Waals surface area contributed by atoms with E-state index in [1.807, 2.05) is 54.6 Å². The molecule has 0 bridgehead atoms. The first-order valence-electron chi connectivity index (χ1n) is 10.7. The van der Waals surface area contributed by atoms with Crippen molar-refractivity contribution in [2.75, 3.05) is 13.1 Å². The lowest BCUT2D eigenvalue weighted by Crippen LogP contribution is -2.36. The summed E-state index contributed by atoms with van der Waals surface area (Å²) in [5.74, 6) is 0.452. The molecule has 3 aromatic carbocycles. The number of hydrogen-bond donors (Lipinski definition) is 2. The quantitative estimate of drug-likeness (QED) is 0.485. The van der Waals surface area contributed by atoms with Crippen LogP contribution in [0.5, 0.6) is 5.75 Å². The maximum absolute atomic E-state index is 12.4. The van der Waals surface area contributed by atoms with Gasteiger partial charge in [-0.2, -0.15) is 0 Å². The topological polar surface area (TPSA) is 67.8 Å². The number of benzene rings is 3. The highest BCUT2D eigenvalue weighted by molar-refractivity contribution is 6.30. The third-order valence-corrected chi connectivity index (χ3v) is 5.72. The molecule has 1 heterocycles. The van der Waals surface area contributed by atoms with Crippen molar-refractivity contribution in [1.29, 1.82) is 0 Å². The van der Waals surface area contributed by atoms with Gasteiger partial charge in [-0.25, -0.2) is 4.79 Å². The standard InChI is InChI=1S/C26H26ClNO4/c27-22-8-4-7-19(14-22)24(29)16-28-15-23-11-9-20-13-21(10-12-25(20)32-23)26(30)31-17-18-5-2-1-3-6-18/h1-8,10,12-14,23-24,28-29H,9,11,15-17H2/t23?,24-/m0/s1. The van der Waals surface area contributed by atoms with E-state index in [0.717, 1.165) is 35.3 Å². The second-order valence-corrected chi connectivity index (χ2v) is 8.33. The Balaban J connectivity index is 1.26. The van der Waals surface area contributed by atoms with Gasteiger partial charge < -0.3 is 19.9 Å². The summed E-state index contributed by atoms with van der Waals surface area (Å²) in [5.41, 5.74) is 3.28. The van der Waals surface area contributed by atoms with Crippen LogP contribution in [0.1, 0.15) is 39.6 Å². The lowest BCUT2D eigenvalue weighted by molar-refractivity contribution is 0.0472. The van der Waals surface area contributed by atoms with Crippen LogP contribution in [0.4, 0.5) is 0 Å². The zero-order chi connectivity index (χ0) is 22.3. The third-order valence-electron chi connectivity index (χ3n) is 5.48. The summed E-state index contributed by atoms with van der Waals surface area (Å²) in [6.07, 6.45) is 1.02. The van der Waals surface area contributed by atoms with Crippen molar-refractivity contribution in [3.05, 3.63) is 100 Å². The van der Waals surface area contributed by atoms with Gasteiger partial charge in [0.05, 0.1) is 11.7 Å². The average Bonchev–Trinajstić information content (AvgIpc) is 2.82. The molecule has 0 amide bonds. The molecule has 1 unspecified atom stereocenters. The predicted molar refractivity (Wildman–Crippen MR) is 124 cm³/mol. The lowest BCUT2D eigenvalue weighted by Gasteiger charge is -2.27. The minimum Gasteiger partial charge on any atom is -0.489 e. The van der Waals surface area contributed by atoms with Crippen molar-refractivity contribution in [3.8, 4) is 5.75 Å². The third kappa shape index (κ3) is 5.88. The van der Waals surface area contributed by atoms with E-state index >= 15 is 0 Å². The smallest absolute Gasteiger partial charge is 0.338 e. The van der Waals surface area contributed by atoms with Crippen LogP contribution in [0.2, 0.25) is 5.02 Å². The van der Waals surface area contributed by atoms with Crippen molar-refractivity contribution in [1.82, 2.24) is 5.32 Å². The van der Waals surface area contributed by atoms with E-state index in [1.54, 1.807) is 18.2 Å². The van der Waals surface area contributed by atoms with E-state index in [2.05, 4.69) is 5.32 Å². The Kier molecular flexibility index (Phi) is 7.43. The summed E-state index contributed by atoms with van der Waals surface area (Å²) in [6.45, 7) is 1.29. The van der Waals surface area contributed by atoms with Gasteiger partial charge in [0.2, 0.25) is 0 Å². The molecule has 0 aromatic heterocycles. The number of rotatable bonds is 8. The Morgan fingerprint density at radius 2 is 1.97 bits per heavy atom. The van der Waals surface area contributed by atoms with Crippen LogP contribution in [0, 0.1) is 0 Å². The zero-order valence-corrected chi connectivity index (χ0v) is 18.4. The number of aliphatic hydroxyl groups is 1. The van der Waals surface area contributed by atoms with Gasteiger partial charge in [-0.3, -0.25) is 0 Å². The van der Waals surface area contributed by atoms with Gasteiger partial charge in [0.25, 0.3) is 0 Å². The van der Waals surface area contributed by atoms with Gasteiger partial charge in [-0.1, -0.05) is 54.1 Å². The first kappa shape index (κ1) is 22.3. The molecule has 0 radical (unpaired) electrons. The van der Waals surface area contributed by atoms with Gasteiger partial charge in [0.15, 0.2) is 0 Å². The largest absolute Gasteiger partial charge is 0.489 e. The summed E-state index contributed by atoms with van der Waals surface area (Å²) < 4.78 is 11.5. The number of carbonyl (C=O) groups is 1. The number of esters is 1. The second-order valence-electron chi connectivity index (χ2n) is 7.89. The van der Waals surface area contributed by atoms with E-state index in [0.29, 0.717) is 23.7 Å². The Hall–Kier alpha value is -2.86. The maximum Gasteiger partial charge on any atom is 0.338 e. The van der Waals surface area contributed by atoms with Crippen molar-refractivity contribution in [3.63, 3.8) is 0 Å². The molecule has 4 rings (SSSR count). The van der Waals surface area contributed by atoms with Gasteiger partial charge in [0.1, 0.15) is 18.5 Å². The lowest BCUT2D eigenvalue weighted by atomic mass is 9.99. The van der Waals surface area contributed by atoms with E-state index < -0.39 is 6.10 Å². The molecule has 166 valence electrons. The molecule has 3 aromatic rings. The Morgan fingerprint density at radius 3 is 2.78 bits per heavy atom. The Morgan fingerprint density at radius 1 is 1.12 bits per heavy atom. The number of nitrogens with one attached hydrogen (secondary N) is 1. The van der Waals surface area contributed by atoms with Crippen LogP contribution < -0.4 is 10.1 Å². The molecule has 2 N–H and O–H groups in total. The molecule has 1 aliphatic heterocycles. The average molecular weight is 452 g/mol. The number of carbonyl (C=O) groups excluding carboxylic acids is 1. The molecule has 0 saturated heterocycles. The van der Waals surface area contributed by atoms with Crippen LogP contribution >= 0.6 is 11.6 Å². The molecule has 0 fully saturated rings. The van der Waals surface area contributed by atoms with Crippen molar-refractivity contribution in [2.45, 2.75) is 31.7 Å². The highest BCUT2D eigenvalue weighted by atomic mass is 35.5. The zero-order valence-electron chi connectivity index (χ0n) is 17.7. The fourth-order valence-electron chi connectivity index (χ4n) is 3.73. The van der Waals surface area contributed by atoms with Crippen LogP contribution in [-0.2, 0) is 17.8 Å². The molecule has 1 aliphatic rings. The van der Waals surface area contributed by atoms with Crippen molar-refractivity contribution >= 4 is 17.6 Å². The van der Waals surface area contributed by atoms with Gasteiger partial charge in [0, 0.05) is 18.1 Å². The SMILES string of the molecule is O=C(OCc1ccccc1)c1ccc2c(c1)CCC(CNC[C@H](O)c1cccc(Cl)c1)O2. The number of fused-ring (bicyclic) bond motifs is 1. The summed E-state index contributed by atoms with van der Waals surface area (Å²) in [6, 6.07) is 22.3. The summed E-state index contributed by atoms with van der Waals surface area (Å²) >= 11 is 5.99. The Labute approximate surface area is 192 Å². The molecule has 5 nitrogen and oxygen atoms in total. The van der Waals surface area contributed by atoms with Gasteiger partial charge in [-0.15, -0.1) is 0 Å². The molecule has 32 heavy (non-hydrogen) atoms. The minimum atomic E-state index is -0.631. The van der Waals surface area contributed by atoms with Crippen LogP contribution in [-0.4, -0.2) is 30.3 Å². The summed E-state index contributed by atoms with van der Waals surface area (Å²) in [7, 11) is 0. The summed E-state index contributed by atoms with van der Waals surface area (Å²) in [5, 5.41) is 14.2. The highest BCUT2D eigenvalue weighted by Gasteiger charge is 2.21. The molecule has 0 saturated carbocycles. The first-order valence-corrected chi connectivity index (χ1v) is 11.1. The van der Waals surface area contributed by atoms with Gasteiger partial charge >= 0.3 is 5.97 Å². The van der Waals surface area contributed by atoms with Crippen LogP contribution in [0.3, 0.4) is 0 Å². The second kappa shape index (κ2) is 10.6.